The maximum atomic E-state index is 13.9. The number of benzene rings is 2. The standard InChI is InChI=1S/C23H30FN3O3/c1-6-27(13-18-7-8-20(30-5)19(24)11-18)14-22(29)25-12-21(28)26-23-16(3)9-15(2)10-17(23)4/h7-11H,6,12-14H2,1-5H3,(H,25,29)(H,26,28). The topological polar surface area (TPSA) is 70.7 Å². The van der Waals surface area contributed by atoms with Gasteiger partial charge in [0.05, 0.1) is 20.2 Å². The molecule has 0 spiro atoms. The van der Waals surface area contributed by atoms with E-state index >= 15 is 0 Å². The van der Waals surface area contributed by atoms with Crippen molar-refractivity contribution in [3.63, 3.8) is 0 Å². The average Bonchev–Trinajstić information content (AvgIpc) is 2.68. The number of hydrogen-bond donors (Lipinski definition) is 2. The highest BCUT2D eigenvalue weighted by molar-refractivity contribution is 5.96. The van der Waals surface area contributed by atoms with Gasteiger partial charge in [-0.05, 0) is 56.1 Å². The van der Waals surface area contributed by atoms with Crippen LogP contribution in [0.4, 0.5) is 10.1 Å². The zero-order valence-corrected chi connectivity index (χ0v) is 18.3. The summed E-state index contributed by atoms with van der Waals surface area (Å²) in [7, 11) is 1.42. The molecule has 0 saturated heterocycles. The van der Waals surface area contributed by atoms with E-state index in [-0.39, 0.29) is 30.7 Å². The zero-order chi connectivity index (χ0) is 22.3. The predicted molar refractivity (Wildman–Crippen MR) is 116 cm³/mol. The Balaban J connectivity index is 1.86. The Morgan fingerprint density at radius 2 is 1.73 bits per heavy atom. The molecule has 0 heterocycles. The Morgan fingerprint density at radius 3 is 2.30 bits per heavy atom. The molecule has 2 amide bonds. The second-order valence-corrected chi connectivity index (χ2v) is 7.37. The highest BCUT2D eigenvalue weighted by Gasteiger charge is 2.13. The Kier molecular flexibility index (Phi) is 8.35. The van der Waals surface area contributed by atoms with E-state index < -0.39 is 5.82 Å². The van der Waals surface area contributed by atoms with E-state index in [0.717, 1.165) is 27.9 Å². The van der Waals surface area contributed by atoms with Gasteiger partial charge in [-0.15, -0.1) is 0 Å². The lowest BCUT2D eigenvalue weighted by Gasteiger charge is -2.20. The van der Waals surface area contributed by atoms with Crippen molar-refractivity contribution in [3.05, 3.63) is 58.4 Å². The smallest absolute Gasteiger partial charge is 0.243 e. The quantitative estimate of drug-likeness (QED) is 0.659. The number of ether oxygens (including phenoxy) is 1. The lowest BCUT2D eigenvalue weighted by atomic mass is 10.1. The van der Waals surface area contributed by atoms with Crippen LogP contribution in [0.2, 0.25) is 0 Å². The first-order valence-electron chi connectivity index (χ1n) is 9.92. The number of likely N-dealkylation sites (N-methyl/N-ethyl adjacent to an activating group) is 1. The molecule has 162 valence electrons. The second kappa shape index (κ2) is 10.7. The van der Waals surface area contributed by atoms with Gasteiger partial charge in [-0.25, -0.2) is 4.39 Å². The summed E-state index contributed by atoms with van der Waals surface area (Å²) in [6.07, 6.45) is 0. The highest BCUT2D eigenvalue weighted by atomic mass is 19.1. The van der Waals surface area contributed by atoms with Crippen LogP contribution >= 0.6 is 0 Å². The van der Waals surface area contributed by atoms with Gasteiger partial charge in [-0.3, -0.25) is 14.5 Å². The van der Waals surface area contributed by atoms with Crippen LogP contribution in [0.25, 0.3) is 0 Å². The lowest BCUT2D eigenvalue weighted by molar-refractivity contribution is -0.125. The molecular weight excluding hydrogens is 385 g/mol. The molecule has 0 fully saturated rings. The van der Waals surface area contributed by atoms with Crippen molar-refractivity contribution >= 4 is 17.5 Å². The Labute approximate surface area is 177 Å². The number of anilines is 1. The minimum atomic E-state index is -0.436. The van der Waals surface area contributed by atoms with Gasteiger partial charge < -0.3 is 15.4 Å². The summed E-state index contributed by atoms with van der Waals surface area (Å²) in [6, 6.07) is 8.74. The summed E-state index contributed by atoms with van der Waals surface area (Å²) in [4.78, 5) is 26.4. The van der Waals surface area contributed by atoms with Gasteiger partial charge >= 0.3 is 0 Å². The van der Waals surface area contributed by atoms with E-state index in [1.54, 1.807) is 12.1 Å². The Bertz CT molecular complexity index is 892. The van der Waals surface area contributed by atoms with E-state index in [0.29, 0.717) is 13.1 Å². The molecule has 2 N–H and O–H groups in total. The number of amides is 2. The predicted octanol–water partition coefficient (Wildman–Crippen LogP) is 3.34. The Hall–Kier alpha value is -2.93. The van der Waals surface area contributed by atoms with Crippen molar-refractivity contribution in [2.45, 2.75) is 34.2 Å². The van der Waals surface area contributed by atoms with Crippen molar-refractivity contribution in [2.24, 2.45) is 0 Å². The molecule has 0 aromatic heterocycles. The van der Waals surface area contributed by atoms with Gasteiger partial charge in [0.1, 0.15) is 0 Å². The van der Waals surface area contributed by atoms with E-state index in [9.17, 15) is 14.0 Å². The molecule has 0 aliphatic rings. The van der Waals surface area contributed by atoms with Crippen LogP contribution in [-0.4, -0.2) is 43.5 Å². The minimum absolute atomic E-state index is 0.111. The van der Waals surface area contributed by atoms with E-state index in [4.69, 9.17) is 4.74 Å². The van der Waals surface area contributed by atoms with Crippen molar-refractivity contribution in [1.82, 2.24) is 10.2 Å². The lowest BCUT2D eigenvalue weighted by Crippen LogP contribution is -2.40. The number of halogens is 1. The molecular formula is C23H30FN3O3. The van der Waals surface area contributed by atoms with Crippen molar-refractivity contribution in [3.8, 4) is 5.75 Å². The molecule has 7 heteroatoms. The van der Waals surface area contributed by atoms with Gasteiger partial charge in [0, 0.05) is 12.2 Å². The maximum absolute atomic E-state index is 13.9. The monoisotopic (exact) mass is 415 g/mol. The fraction of sp³-hybridized carbons (Fsp3) is 0.391. The largest absolute Gasteiger partial charge is 0.494 e. The summed E-state index contributed by atoms with van der Waals surface area (Å²) in [6.45, 7) is 8.83. The summed E-state index contributed by atoms with van der Waals surface area (Å²) in [5, 5.41) is 5.51. The summed E-state index contributed by atoms with van der Waals surface area (Å²) in [5.41, 5.74) is 4.61. The van der Waals surface area contributed by atoms with Crippen molar-refractivity contribution in [1.29, 1.82) is 0 Å². The maximum Gasteiger partial charge on any atom is 0.243 e. The van der Waals surface area contributed by atoms with Crippen LogP contribution in [0.5, 0.6) is 5.75 Å². The molecule has 0 aliphatic heterocycles. The minimum Gasteiger partial charge on any atom is -0.494 e. The fourth-order valence-electron chi connectivity index (χ4n) is 3.34. The second-order valence-electron chi connectivity index (χ2n) is 7.37. The van der Waals surface area contributed by atoms with E-state index in [2.05, 4.69) is 10.6 Å². The zero-order valence-electron chi connectivity index (χ0n) is 18.3. The first-order valence-corrected chi connectivity index (χ1v) is 9.92. The summed E-state index contributed by atoms with van der Waals surface area (Å²) in [5.74, 6) is -0.796. The third kappa shape index (κ3) is 6.56. The van der Waals surface area contributed by atoms with Gasteiger partial charge in [0.25, 0.3) is 0 Å². The van der Waals surface area contributed by atoms with E-state index in [1.165, 1.54) is 13.2 Å². The molecule has 0 bridgehead atoms. The number of methoxy groups -OCH3 is 1. The molecule has 0 saturated carbocycles. The third-order valence-corrected chi connectivity index (χ3v) is 4.82. The summed E-state index contributed by atoms with van der Waals surface area (Å²) < 4.78 is 18.8. The number of carbonyl (C=O) groups is 2. The highest BCUT2D eigenvalue weighted by Crippen LogP contribution is 2.21. The Morgan fingerprint density at radius 1 is 1.07 bits per heavy atom. The molecule has 6 nitrogen and oxygen atoms in total. The molecule has 2 aromatic rings. The normalized spacial score (nSPS) is 10.8. The van der Waals surface area contributed by atoms with Gasteiger partial charge in [-0.2, -0.15) is 0 Å². The molecule has 2 rings (SSSR count). The summed E-state index contributed by atoms with van der Waals surface area (Å²) >= 11 is 0. The molecule has 0 radical (unpaired) electrons. The fourth-order valence-corrected chi connectivity index (χ4v) is 3.34. The number of hydrogen-bond acceptors (Lipinski definition) is 4. The van der Waals surface area contributed by atoms with Gasteiger partial charge in [0.2, 0.25) is 11.8 Å². The number of rotatable bonds is 9. The van der Waals surface area contributed by atoms with Crippen LogP contribution in [0.15, 0.2) is 30.3 Å². The van der Waals surface area contributed by atoms with Crippen LogP contribution in [-0.2, 0) is 16.1 Å². The van der Waals surface area contributed by atoms with Crippen LogP contribution in [0.3, 0.4) is 0 Å². The molecule has 2 aromatic carbocycles. The SMILES string of the molecule is CCN(CC(=O)NCC(=O)Nc1c(C)cc(C)cc1C)Cc1ccc(OC)c(F)c1. The molecule has 0 aliphatic carbocycles. The van der Waals surface area contributed by atoms with Crippen LogP contribution < -0.4 is 15.4 Å². The van der Waals surface area contributed by atoms with Crippen molar-refractivity contribution in [2.75, 3.05) is 32.1 Å². The first kappa shape index (κ1) is 23.3. The average molecular weight is 416 g/mol. The van der Waals surface area contributed by atoms with Crippen LogP contribution in [0, 0.1) is 26.6 Å². The van der Waals surface area contributed by atoms with Gasteiger partial charge in [0.15, 0.2) is 11.6 Å². The first-order chi connectivity index (χ1) is 14.2. The third-order valence-electron chi connectivity index (χ3n) is 4.82. The molecule has 30 heavy (non-hydrogen) atoms. The van der Waals surface area contributed by atoms with E-state index in [1.807, 2.05) is 44.7 Å². The number of nitrogens with zero attached hydrogens (tertiary/aromatic N) is 1. The van der Waals surface area contributed by atoms with Crippen molar-refractivity contribution < 1.29 is 18.7 Å². The van der Waals surface area contributed by atoms with Crippen LogP contribution in [0.1, 0.15) is 29.2 Å². The van der Waals surface area contributed by atoms with Gasteiger partial charge in [-0.1, -0.05) is 30.7 Å². The molecule has 0 unspecified atom stereocenters. The number of nitrogens with one attached hydrogen (secondary N) is 2. The number of carbonyl (C=O) groups excluding carboxylic acids is 2. The number of aryl methyl sites for hydroxylation is 3. The molecule has 0 atom stereocenters.